The summed E-state index contributed by atoms with van der Waals surface area (Å²) in [4.78, 5) is 15.9. The van der Waals surface area contributed by atoms with Crippen LogP contribution in [0.15, 0.2) is 24.3 Å². The van der Waals surface area contributed by atoms with Crippen LogP contribution in [0.2, 0.25) is 0 Å². The Labute approximate surface area is 125 Å². The molecule has 0 amide bonds. The van der Waals surface area contributed by atoms with Crippen LogP contribution in [-0.2, 0) is 16.0 Å². The maximum absolute atomic E-state index is 11.4. The Morgan fingerprint density at radius 1 is 1.24 bits per heavy atom. The molecule has 1 heterocycles. The van der Waals surface area contributed by atoms with Crippen molar-refractivity contribution in [3.8, 4) is 5.75 Å². The molecule has 0 aliphatic heterocycles. The van der Waals surface area contributed by atoms with E-state index in [1.54, 1.807) is 0 Å². The summed E-state index contributed by atoms with van der Waals surface area (Å²) in [5.74, 6) is 0.537. The summed E-state index contributed by atoms with van der Waals surface area (Å²) < 4.78 is 10.6. The van der Waals surface area contributed by atoms with Crippen LogP contribution in [0.5, 0.6) is 5.75 Å². The van der Waals surface area contributed by atoms with Gasteiger partial charge in [0.2, 0.25) is 0 Å². The monoisotopic (exact) mass is 287 g/mol. The van der Waals surface area contributed by atoms with E-state index in [1.165, 1.54) is 7.11 Å². The van der Waals surface area contributed by atoms with Crippen molar-refractivity contribution >= 4 is 16.9 Å². The summed E-state index contributed by atoms with van der Waals surface area (Å²) >= 11 is 0. The largest absolute Gasteiger partial charge is 0.488 e. The Morgan fingerprint density at radius 3 is 2.57 bits per heavy atom. The molecule has 4 heteroatoms. The van der Waals surface area contributed by atoms with Crippen molar-refractivity contribution in [2.24, 2.45) is 0 Å². The highest BCUT2D eigenvalue weighted by atomic mass is 16.5. The van der Waals surface area contributed by atoms with Gasteiger partial charge in [-0.2, -0.15) is 0 Å². The molecule has 0 saturated carbocycles. The SMILES string of the molecule is COC(=O)Cc1cc(C)c2cc(OC(C)(C)C)ccc2n1. The van der Waals surface area contributed by atoms with Crippen LogP contribution in [0.4, 0.5) is 0 Å². The van der Waals surface area contributed by atoms with E-state index in [2.05, 4.69) is 9.72 Å². The summed E-state index contributed by atoms with van der Waals surface area (Å²) in [6.45, 7) is 8.05. The van der Waals surface area contributed by atoms with Gasteiger partial charge in [0, 0.05) is 5.39 Å². The number of esters is 1. The van der Waals surface area contributed by atoms with Gasteiger partial charge < -0.3 is 9.47 Å². The number of nitrogens with zero attached hydrogens (tertiary/aromatic N) is 1. The van der Waals surface area contributed by atoms with E-state index in [0.717, 1.165) is 27.9 Å². The Hall–Kier alpha value is -2.10. The van der Waals surface area contributed by atoms with Gasteiger partial charge in [-0.15, -0.1) is 0 Å². The van der Waals surface area contributed by atoms with Gasteiger partial charge in [0.25, 0.3) is 0 Å². The van der Waals surface area contributed by atoms with E-state index in [9.17, 15) is 4.79 Å². The van der Waals surface area contributed by atoms with Gasteiger partial charge in [-0.25, -0.2) is 0 Å². The number of hydrogen-bond donors (Lipinski definition) is 0. The number of pyridine rings is 1. The van der Waals surface area contributed by atoms with Gasteiger partial charge in [0.15, 0.2) is 0 Å². The van der Waals surface area contributed by atoms with E-state index in [0.29, 0.717) is 0 Å². The molecule has 0 unspecified atom stereocenters. The van der Waals surface area contributed by atoms with Gasteiger partial charge in [-0.1, -0.05) is 0 Å². The number of carbonyl (C=O) groups excluding carboxylic acids is 1. The van der Waals surface area contributed by atoms with Gasteiger partial charge in [0.05, 0.1) is 24.7 Å². The van der Waals surface area contributed by atoms with Crippen molar-refractivity contribution < 1.29 is 14.3 Å². The van der Waals surface area contributed by atoms with Gasteiger partial charge >= 0.3 is 5.97 Å². The topological polar surface area (TPSA) is 48.4 Å². The summed E-state index contributed by atoms with van der Waals surface area (Å²) in [5, 5.41) is 1.03. The number of benzene rings is 1. The zero-order valence-corrected chi connectivity index (χ0v) is 13.2. The fourth-order valence-electron chi connectivity index (χ4n) is 2.17. The van der Waals surface area contributed by atoms with Gasteiger partial charge in [-0.3, -0.25) is 9.78 Å². The number of fused-ring (bicyclic) bond motifs is 1. The summed E-state index contributed by atoms with van der Waals surface area (Å²) in [6, 6.07) is 7.73. The van der Waals surface area contributed by atoms with E-state index in [4.69, 9.17) is 4.74 Å². The van der Waals surface area contributed by atoms with Crippen LogP contribution >= 0.6 is 0 Å². The number of rotatable bonds is 3. The molecule has 0 aliphatic carbocycles. The molecule has 0 aliphatic rings. The lowest BCUT2D eigenvalue weighted by molar-refractivity contribution is -0.139. The third-order valence-electron chi connectivity index (χ3n) is 3.02. The van der Waals surface area contributed by atoms with Crippen LogP contribution in [0.1, 0.15) is 32.0 Å². The smallest absolute Gasteiger partial charge is 0.311 e. The quantitative estimate of drug-likeness (QED) is 0.811. The molecule has 0 fully saturated rings. The second-order valence-electron chi connectivity index (χ2n) is 6.08. The first-order valence-electron chi connectivity index (χ1n) is 6.94. The Balaban J connectivity index is 2.39. The summed E-state index contributed by atoms with van der Waals surface area (Å²) in [6.07, 6.45) is 0.188. The summed E-state index contributed by atoms with van der Waals surface area (Å²) in [5.41, 5.74) is 2.41. The number of carbonyl (C=O) groups is 1. The van der Waals surface area contributed by atoms with Gasteiger partial charge in [0.1, 0.15) is 11.4 Å². The van der Waals surface area contributed by atoms with Crippen LogP contribution in [0, 0.1) is 6.92 Å². The van der Waals surface area contributed by atoms with Gasteiger partial charge in [-0.05, 0) is 57.5 Å². The minimum atomic E-state index is -0.283. The predicted octanol–water partition coefficient (Wildman–Crippen LogP) is 3.44. The molecule has 4 nitrogen and oxygen atoms in total. The van der Waals surface area contributed by atoms with Crippen LogP contribution in [-0.4, -0.2) is 23.7 Å². The molecular weight excluding hydrogens is 266 g/mol. The normalized spacial score (nSPS) is 11.5. The molecule has 112 valence electrons. The molecule has 2 rings (SSSR count). The molecule has 2 aromatic rings. The molecule has 1 aromatic carbocycles. The third kappa shape index (κ3) is 3.94. The van der Waals surface area contributed by atoms with E-state index in [-0.39, 0.29) is 18.0 Å². The lowest BCUT2D eigenvalue weighted by Crippen LogP contribution is -2.22. The highest BCUT2D eigenvalue weighted by Crippen LogP contribution is 2.26. The zero-order chi connectivity index (χ0) is 15.6. The molecule has 0 radical (unpaired) electrons. The number of hydrogen-bond acceptors (Lipinski definition) is 4. The second kappa shape index (κ2) is 5.72. The van der Waals surface area contributed by atoms with E-state index in [1.807, 2.05) is 52.0 Å². The molecule has 0 saturated heterocycles. The van der Waals surface area contributed by atoms with E-state index < -0.39 is 0 Å². The highest BCUT2D eigenvalue weighted by molar-refractivity contribution is 5.84. The van der Waals surface area contributed by atoms with Crippen LogP contribution < -0.4 is 4.74 Å². The fraction of sp³-hybridized carbons (Fsp3) is 0.412. The average molecular weight is 287 g/mol. The first-order chi connectivity index (χ1) is 9.78. The Morgan fingerprint density at radius 2 is 1.95 bits per heavy atom. The Bertz CT molecular complexity index is 672. The van der Waals surface area contributed by atoms with Crippen molar-refractivity contribution in [2.75, 3.05) is 7.11 Å². The molecule has 1 aromatic heterocycles. The zero-order valence-electron chi connectivity index (χ0n) is 13.2. The van der Waals surface area contributed by atoms with Crippen molar-refractivity contribution in [3.63, 3.8) is 0 Å². The van der Waals surface area contributed by atoms with Crippen LogP contribution in [0.25, 0.3) is 10.9 Å². The van der Waals surface area contributed by atoms with Crippen molar-refractivity contribution in [1.29, 1.82) is 0 Å². The first-order valence-corrected chi connectivity index (χ1v) is 6.94. The number of methoxy groups -OCH3 is 1. The predicted molar refractivity (Wildman–Crippen MR) is 82.6 cm³/mol. The molecule has 21 heavy (non-hydrogen) atoms. The Kier molecular flexibility index (Phi) is 4.16. The van der Waals surface area contributed by atoms with Crippen LogP contribution in [0.3, 0.4) is 0 Å². The molecule has 0 N–H and O–H groups in total. The molecule has 0 spiro atoms. The molecule has 0 atom stereocenters. The molecular formula is C17H21NO3. The van der Waals surface area contributed by atoms with Crippen molar-refractivity contribution in [3.05, 3.63) is 35.5 Å². The first kappa shape index (κ1) is 15.3. The minimum Gasteiger partial charge on any atom is -0.488 e. The maximum atomic E-state index is 11.4. The lowest BCUT2D eigenvalue weighted by Gasteiger charge is -2.21. The minimum absolute atomic E-state index is 0.188. The highest BCUT2D eigenvalue weighted by Gasteiger charge is 2.13. The van der Waals surface area contributed by atoms with Crippen molar-refractivity contribution in [2.45, 2.75) is 39.7 Å². The third-order valence-corrected chi connectivity index (χ3v) is 3.02. The maximum Gasteiger partial charge on any atom is 0.311 e. The number of aromatic nitrogens is 1. The summed E-state index contributed by atoms with van der Waals surface area (Å²) in [7, 11) is 1.38. The van der Waals surface area contributed by atoms with E-state index >= 15 is 0 Å². The van der Waals surface area contributed by atoms with Crippen molar-refractivity contribution in [1.82, 2.24) is 4.98 Å². The number of ether oxygens (including phenoxy) is 2. The fourth-order valence-corrected chi connectivity index (χ4v) is 2.17. The average Bonchev–Trinajstić information content (AvgIpc) is 2.37. The standard InChI is InChI=1S/C17H21NO3/c1-11-8-12(9-16(19)20-5)18-15-7-6-13(10-14(11)15)21-17(2,3)4/h6-8,10H,9H2,1-5H3. The molecule has 0 bridgehead atoms. The second-order valence-corrected chi connectivity index (χ2v) is 6.08. The number of aryl methyl sites for hydroxylation is 1. The lowest BCUT2D eigenvalue weighted by atomic mass is 10.1.